The Balaban J connectivity index is 1.42. The van der Waals surface area contributed by atoms with Crippen LogP contribution >= 0.6 is 0 Å². The molecule has 2 aromatic rings. The lowest BCUT2D eigenvalue weighted by molar-refractivity contribution is -0.144. The first-order valence-corrected chi connectivity index (χ1v) is 10.5. The monoisotopic (exact) mass is 425 g/mol. The predicted molar refractivity (Wildman–Crippen MR) is 114 cm³/mol. The Bertz CT molecular complexity index is 995. The van der Waals surface area contributed by atoms with E-state index in [4.69, 9.17) is 15.9 Å². The van der Waals surface area contributed by atoms with Gasteiger partial charge in [-0.05, 0) is 50.9 Å². The molecule has 2 bridgehead atoms. The maximum Gasteiger partial charge on any atom is 0.327 e. The number of rotatable bonds is 7. The largest absolute Gasteiger partial charge is 0.465 e. The Hall–Kier alpha value is -3.27. The molecule has 1 aromatic carbocycles. The summed E-state index contributed by atoms with van der Waals surface area (Å²) in [5, 5.41) is 19.3. The van der Waals surface area contributed by atoms with E-state index in [-0.39, 0.29) is 18.3 Å². The lowest BCUT2D eigenvalue weighted by Gasteiger charge is -2.44. The molecule has 3 saturated heterocycles. The minimum atomic E-state index is -0.404. The van der Waals surface area contributed by atoms with Crippen molar-refractivity contribution >= 4 is 23.3 Å². The number of anilines is 1. The lowest BCUT2D eigenvalue weighted by atomic mass is 9.84. The summed E-state index contributed by atoms with van der Waals surface area (Å²) >= 11 is 0. The molecular formula is C21H27N7O3. The number of hydrogen-bond donors (Lipinski definition) is 3. The standard InChI is InChI=1S/C21H27N7O3/c1-2-31-19(29)12-28-11-18(25-26-28)14-3-4-15(16(22)9-14)20(23)21(30)24-17-10-27-7-5-13(17)6-8-27/h3-4,9,11,13,17,23H,2,5-8,10,12,22H2,1H3,(H,24,30)/t17-/m0/s1. The van der Waals surface area contributed by atoms with Gasteiger partial charge in [0.15, 0.2) is 0 Å². The summed E-state index contributed by atoms with van der Waals surface area (Å²) in [7, 11) is 0. The van der Waals surface area contributed by atoms with Crippen molar-refractivity contribution in [3.05, 3.63) is 30.0 Å². The van der Waals surface area contributed by atoms with Gasteiger partial charge in [-0.2, -0.15) is 0 Å². The number of carbonyl (C=O) groups is 2. The molecule has 164 valence electrons. The number of nitrogens with zero attached hydrogens (tertiary/aromatic N) is 4. The topological polar surface area (TPSA) is 139 Å². The summed E-state index contributed by atoms with van der Waals surface area (Å²) in [5.74, 6) is -0.312. The van der Waals surface area contributed by atoms with Crippen LogP contribution in [0.5, 0.6) is 0 Å². The van der Waals surface area contributed by atoms with Gasteiger partial charge in [-0.1, -0.05) is 11.3 Å². The van der Waals surface area contributed by atoms with E-state index in [9.17, 15) is 9.59 Å². The minimum absolute atomic E-state index is 0.0290. The molecule has 31 heavy (non-hydrogen) atoms. The summed E-state index contributed by atoms with van der Waals surface area (Å²) < 4.78 is 6.29. The molecule has 3 fully saturated rings. The number of benzene rings is 1. The van der Waals surface area contributed by atoms with Crippen molar-refractivity contribution in [2.45, 2.75) is 32.4 Å². The molecule has 1 amide bonds. The lowest BCUT2D eigenvalue weighted by Crippen LogP contribution is -2.58. The summed E-state index contributed by atoms with van der Waals surface area (Å²) in [6, 6.07) is 5.13. The van der Waals surface area contributed by atoms with Crippen molar-refractivity contribution in [3.63, 3.8) is 0 Å². The molecule has 0 saturated carbocycles. The van der Waals surface area contributed by atoms with E-state index < -0.39 is 11.9 Å². The van der Waals surface area contributed by atoms with Crippen LogP contribution in [-0.2, 0) is 20.9 Å². The van der Waals surface area contributed by atoms with E-state index >= 15 is 0 Å². The molecule has 5 rings (SSSR count). The normalized spacial score (nSPS) is 22.2. The Morgan fingerprint density at radius 1 is 1.32 bits per heavy atom. The Morgan fingerprint density at radius 3 is 2.74 bits per heavy atom. The third-order valence-corrected chi connectivity index (χ3v) is 5.95. The zero-order valence-electron chi connectivity index (χ0n) is 17.5. The van der Waals surface area contributed by atoms with E-state index in [1.807, 2.05) is 0 Å². The van der Waals surface area contributed by atoms with Crippen molar-refractivity contribution < 1.29 is 14.3 Å². The molecular weight excluding hydrogens is 398 g/mol. The van der Waals surface area contributed by atoms with Gasteiger partial charge in [-0.25, -0.2) is 4.68 Å². The molecule has 3 aliphatic rings. The van der Waals surface area contributed by atoms with Crippen LogP contribution in [0.15, 0.2) is 24.4 Å². The highest BCUT2D eigenvalue weighted by atomic mass is 16.5. The van der Waals surface area contributed by atoms with Crippen molar-refractivity contribution in [2.24, 2.45) is 5.92 Å². The average molecular weight is 425 g/mol. The highest BCUT2D eigenvalue weighted by Crippen LogP contribution is 2.28. The summed E-state index contributed by atoms with van der Waals surface area (Å²) in [6.45, 7) is 5.04. The number of carbonyl (C=O) groups excluding carboxylic acids is 2. The fourth-order valence-electron chi connectivity index (χ4n) is 4.29. The number of nitrogen functional groups attached to an aromatic ring is 1. The molecule has 1 aromatic heterocycles. The molecule has 0 aliphatic carbocycles. The van der Waals surface area contributed by atoms with E-state index in [0.29, 0.717) is 35.0 Å². The molecule has 3 aliphatic heterocycles. The van der Waals surface area contributed by atoms with Gasteiger partial charge < -0.3 is 20.7 Å². The van der Waals surface area contributed by atoms with E-state index in [1.165, 1.54) is 4.68 Å². The van der Waals surface area contributed by atoms with E-state index in [0.717, 1.165) is 32.5 Å². The van der Waals surface area contributed by atoms with Gasteiger partial charge in [-0.15, -0.1) is 5.10 Å². The molecule has 10 heteroatoms. The molecule has 1 atom stereocenters. The SMILES string of the molecule is CCOC(=O)Cn1cc(-c2ccc(C(=N)C(=O)N[C@H]3CN4CCC3CC4)c(N)c2)nn1. The van der Waals surface area contributed by atoms with Crippen LogP contribution in [0.3, 0.4) is 0 Å². The van der Waals surface area contributed by atoms with Crippen molar-refractivity contribution in [2.75, 3.05) is 32.0 Å². The molecule has 10 nitrogen and oxygen atoms in total. The highest BCUT2D eigenvalue weighted by molar-refractivity contribution is 6.45. The second kappa shape index (κ2) is 8.84. The van der Waals surface area contributed by atoms with Crippen molar-refractivity contribution in [1.82, 2.24) is 25.2 Å². The highest BCUT2D eigenvalue weighted by Gasteiger charge is 2.35. The third-order valence-electron chi connectivity index (χ3n) is 5.95. The number of nitrogens with one attached hydrogen (secondary N) is 2. The number of amides is 1. The van der Waals surface area contributed by atoms with Crippen molar-refractivity contribution in [3.8, 4) is 11.3 Å². The zero-order chi connectivity index (χ0) is 22.0. The fraction of sp³-hybridized carbons (Fsp3) is 0.476. The van der Waals surface area contributed by atoms with Crippen LogP contribution in [0.25, 0.3) is 11.3 Å². The Labute approximate surface area is 180 Å². The first-order valence-electron chi connectivity index (χ1n) is 10.5. The van der Waals surface area contributed by atoms with Gasteiger partial charge in [-0.3, -0.25) is 15.0 Å². The van der Waals surface area contributed by atoms with Crippen LogP contribution < -0.4 is 11.1 Å². The number of nitrogens with two attached hydrogens (primary N) is 1. The number of aromatic nitrogens is 3. The predicted octanol–water partition coefficient (Wildman–Crippen LogP) is 0.669. The quantitative estimate of drug-likeness (QED) is 0.336. The molecule has 4 N–H and O–H groups in total. The number of piperidine rings is 3. The van der Waals surface area contributed by atoms with Crippen LogP contribution in [0.2, 0.25) is 0 Å². The van der Waals surface area contributed by atoms with Crippen LogP contribution in [0, 0.1) is 11.3 Å². The number of hydrogen-bond acceptors (Lipinski definition) is 8. The van der Waals surface area contributed by atoms with Gasteiger partial charge in [0.2, 0.25) is 0 Å². The van der Waals surface area contributed by atoms with Crippen molar-refractivity contribution in [1.29, 1.82) is 5.41 Å². The summed E-state index contributed by atoms with van der Waals surface area (Å²) in [5.41, 5.74) is 7.92. The zero-order valence-corrected chi connectivity index (χ0v) is 17.5. The van der Waals surface area contributed by atoms with Gasteiger partial charge in [0.25, 0.3) is 5.91 Å². The van der Waals surface area contributed by atoms with Gasteiger partial charge in [0.1, 0.15) is 18.0 Å². The number of fused-ring (bicyclic) bond motifs is 3. The van der Waals surface area contributed by atoms with Crippen LogP contribution in [0.1, 0.15) is 25.3 Å². The molecule has 0 unspecified atom stereocenters. The molecule has 0 spiro atoms. The van der Waals surface area contributed by atoms with Gasteiger partial charge in [0, 0.05) is 29.4 Å². The Morgan fingerprint density at radius 2 is 2.10 bits per heavy atom. The first kappa shape index (κ1) is 21.0. The first-order chi connectivity index (χ1) is 14.9. The Kier molecular flexibility index (Phi) is 5.99. The number of ether oxygens (including phenoxy) is 1. The van der Waals surface area contributed by atoms with Gasteiger partial charge in [0.05, 0.1) is 12.8 Å². The average Bonchev–Trinajstić information content (AvgIpc) is 3.22. The van der Waals surface area contributed by atoms with Crippen LogP contribution in [0.4, 0.5) is 5.69 Å². The maximum atomic E-state index is 12.7. The second-order valence-electron chi connectivity index (χ2n) is 8.00. The van der Waals surface area contributed by atoms with Crippen LogP contribution in [-0.4, -0.2) is 69.8 Å². The van der Waals surface area contributed by atoms with E-state index in [1.54, 1.807) is 31.3 Å². The van der Waals surface area contributed by atoms with E-state index in [2.05, 4.69) is 20.5 Å². The summed E-state index contributed by atoms with van der Waals surface area (Å²) in [4.78, 5) is 26.6. The number of esters is 1. The summed E-state index contributed by atoms with van der Waals surface area (Å²) in [6.07, 6.45) is 3.80. The molecule has 4 heterocycles. The van der Waals surface area contributed by atoms with Gasteiger partial charge >= 0.3 is 5.97 Å². The second-order valence-corrected chi connectivity index (χ2v) is 8.00. The minimum Gasteiger partial charge on any atom is -0.465 e. The maximum absolute atomic E-state index is 12.7. The fourth-order valence-corrected chi connectivity index (χ4v) is 4.29. The molecule has 0 radical (unpaired) electrons. The smallest absolute Gasteiger partial charge is 0.327 e. The third kappa shape index (κ3) is 4.58.